The Bertz CT molecular complexity index is 1200. The predicted octanol–water partition coefficient (Wildman–Crippen LogP) is 3.07. The van der Waals surface area contributed by atoms with Crippen molar-refractivity contribution in [2.24, 2.45) is 0 Å². The number of likely N-dealkylation sites (tertiary alicyclic amines) is 1. The maximum absolute atomic E-state index is 13.2. The van der Waals surface area contributed by atoms with Crippen LogP contribution in [0.25, 0.3) is 11.2 Å². The maximum Gasteiger partial charge on any atom is 0.261 e. The Hall–Kier alpha value is -3.43. The fourth-order valence-corrected chi connectivity index (χ4v) is 4.52. The molecule has 0 aromatic carbocycles. The fourth-order valence-electron chi connectivity index (χ4n) is 4.52. The Labute approximate surface area is 198 Å². The molecule has 1 aliphatic heterocycles. The van der Waals surface area contributed by atoms with Crippen molar-refractivity contribution in [2.45, 2.75) is 25.7 Å². The Kier molecular flexibility index (Phi) is 6.73. The first-order chi connectivity index (χ1) is 16.7. The van der Waals surface area contributed by atoms with Crippen LogP contribution < -0.4 is 10.1 Å². The molecule has 0 unspecified atom stereocenters. The number of rotatable bonds is 9. The number of aliphatic hydroxyl groups excluding tert-OH is 1. The Morgan fingerprint density at radius 3 is 2.88 bits per heavy atom. The number of carbonyl (C=O) groups is 1. The zero-order valence-corrected chi connectivity index (χ0v) is 19.1. The number of fused-ring (bicyclic) bond motifs is 3. The lowest BCUT2D eigenvalue weighted by atomic mass is 9.97. The first-order valence-corrected chi connectivity index (χ1v) is 11.8. The van der Waals surface area contributed by atoms with Crippen LogP contribution in [0.15, 0.2) is 48.6 Å². The van der Waals surface area contributed by atoms with Gasteiger partial charge in [0, 0.05) is 31.4 Å². The SMILES string of the molecule is O=C(Nc1cnccc1OCCOCCN1CCCC1)C1=C(O)CCc2c1nc1ccccn21. The van der Waals surface area contributed by atoms with Gasteiger partial charge in [-0.1, -0.05) is 6.07 Å². The molecule has 178 valence electrons. The van der Waals surface area contributed by atoms with Crippen molar-refractivity contribution < 1.29 is 19.4 Å². The van der Waals surface area contributed by atoms with E-state index in [4.69, 9.17) is 9.47 Å². The quantitative estimate of drug-likeness (QED) is 0.470. The minimum absolute atomic E-state index is 0.0335. The second kappa shape index (κ2) is 10.2. The minimum atomic E-state index is -0.443. The molecule has 5 rings (SSSR count). The van der Waals surface area contributed by atoms with Gasteiger partial charge in [0.15, 0.2) is 0 Å². The summed E-state index contributed by atoms with van der Waals surface area (Å²) in [7, 11) is 0. The van der Waals surface area contributed by atoms with E-state index in [1.54, 1.807) is 12.3 Å². The van der Waals surface area contributed by atoms with Crippen molar-refractivity contribution in [1.29, 1.82) is 0 Å². The molecular weight excluding hydrogens is 434 g/mol. The zero-order valence-electron chi connectivity index (χ0n) is 19.1. The van der Waals surface area contributed by atoms with E-state index in [1.807, 2.05) is 28.8 Å². The van der Waals surface area contributed by atoms with Crippen LogP contribution in [0.5, 0.6) is 5.75 Å². The molecule has 3 aromatic heterocycles. The summed E-state index contributed by atoms with van der Waals surface area (Å²) >= 11 is 0. The molecule has 0 saturated carbocycles. The van der Waals surface area contributed by atoms with E-state index in [-0.39, 0.29) is 11.3 Å². The highest BCUT2D eigenvalue weighted by Gasteiger charge is 2.29. The highest BCUT2D eigenvalue weighted by molar-refractivity contribution is 6.26. The number of ether oxygens (including phenoxy) is 2. The summed E-state index contributed by atoms with van der Waals surface area (Å²) in [5, 5.41) is 13.4. The molecule has 9 nitrogen and oxygen atoms in total. The third-order valence-electron chi connectivity index (χ3n) is 6.24. The number of pyridine rings is 2. The fraction of sp³-hybridized carbons (Fsp3) is 0.400. The summed E-state index contributed by atoms with van der Waals surface area (Å²) < 4.78 is 13.5. The Balaban J connectivity index is 1.22. The monoisotopic (exact) mass is 463 g/mol. The number of aliphatic hydroxyl groups is 1. The molecule has 2 N–H and O–H groups in total. The first-order valence-electron chi connectivity index (χ1n) is 11.8. The molecule has 0 atom stereocenters. The molecule has 9 heteroatoms. The van der Waals surface area contributed by atoms with Crippen molar-refractivity contribution in [3.05, 3.63) is 60.0 Å². The molecule has 34 heavy (non-hydrogen) atoms. The van der Waals surface area contributed by atoms with Gasteiger partial charge in [0.25, 0.3) is 5.91 Å². The van der Waals surface area contributed by atoms with E-state index in [2.05, 4.69) is 20.2 Å². The summed E-state index contributed by atoms with van der Waals surface area (Å²) in [6.07, 6.45) is 8.59. The molecule has 0 radical (unpaired) electrons. The molecule has 4 heterocycles. The molecule has 1 saturated heterocycles. The van der Waals surface area contributed by atoms with Crippen LogP contribution >= 0.6 is 0 Å². The number of hydrogen-bond acceptors (Lipinski definition) is 7. The van der Waals surface area contributed by atoms with E-state index < -0.39 is 5.91 Å². The van der Waals surface area contributed by atoms with Gasteiger partial charge < -0.3 is 29.2 Å². The van der Waals surface area contributed by atoms with Crippen molar-refractivity contribution in [3.63, 3.8) is 0 Å². The van der Waals surface area contributed by atoms with E-state index >= 15 is 0 Å². The standard InChI is InChI=1S/C25H29N5O4/c31-20-7-6-19-24(28-22-5-1-2-12-30(19)22)23(20)25(32)27-18-17-26-9-8-21(18)34-16-15-33-14-13-29-10-3-4-11-29/h1-2,5,8-9,12,17,31H,3-4,6-7,10-11,13-16H2,(H,27,32). The van der Waals surface area contributed by atoms with E-state index in [9.17, 15) is 9.90 Å². The Morgan fingerprint density at radius 2 is 2.00 bits per heavy atom. The molecule has 2 aliphatic rings. The number of aromatic nitrogens is 3. The lowest BCUT2D eigenvalue weighted by molar-refractivity contribution is -0.111. The van der Waals surface area contributed by atoms with Crippen molar-refractivity contribution >= 4 is 22.8 Å². The third kappa shape index (κ3) is 4.76. The van der Waals surface area contributed by atoms with Crippen LogP contribution in [0, 0.1) is 0 Å². The van der Waals surface area contributed by atoms with Crippen LogP contribution in [-0.2, 0) is 16.0 Å². The van der Waals surface area contributed by atoms with Crippen LogP contribution in [0.1, 0.15) is 30.7 Å². The van der Waals surface area contributed by atoms with Crippen molar-refractivity contribution in [3.8, 4) is 5.75 Å². The van der Waals surface area contributed by atoms with Crippen LogP contribution in [0.2, 0.25) is 0 Å². The second-order valence-electron chi connectivity index (χ2n) is 8.49. The highest BCUT2D eigenvalue weighted by atomic mass is 16.5. The topological polar surface area (TPSA) is 101 Å². The number of nitrogens with zero attached hydrogens (tertiary/aromatic N) is 4. The highest BCUT2D eigenvalue weighted by Crippen LogP contribution is 2.32. The van der Waals surface area contributed by atoms with Crippen molar-refractivity contribution in [2.75, 3.05) is 44.8 Å². The van der Waals surface area contributed by atoms with Gasteiger partial charge in [-0.3, -0.25) is 9.78 Å². The third-order valence-corrected chi connectivity index (χ3v) is 6.24. The van der Waals surface area contributed by atoms with Gasteiger partial charge in [-0.2, -0.15) is 0 Å². The largest absolute Gasteiger partial charge is 0.511 e. The number of aryl methyl sites for hydroxylation is 1. The van der Waals surface area contributed by atoms with Gasteiger partial charge >= 0.3 is 0 Å². The van der Waals surface area contributed by atoms with E-state index in [1.165, 1.54) is 19.0 Å². The molecule has 1 fully saturated rings. The zero-order chi connectivity index (χ0) is 23.3. The molecule has 1 amide bonds. The summed E-state index contributed by atoms with van der Waals surface area (Å²) in [5.74, 6) is 0.0883. The number of carbonyl (C=O) groups excluding carboxylic acids is 1. The minimum Gasteiger partial charge on any atom is -0.511 e. The summed E-state index contributed by atoms with van der Waals surface area (Å²) in [6.45, 7) is 4.75. The number of amides is 1. The van der Waals surface area contributed by atoms with Crippen LogP contribution in [0.4, 0.5) is 5.69 Å². The first kappa shape index (κ1) is 22.4. The van der Waals surface area contributed by atoms with Crippen LogP contribution in [0.3, 0.4) is 0 Å². The van der Waals surface area contributed by atoms with Gasteiger partial charge in [0.05, 0.1) is 25.1 Å². The van der Waals surface area contributed by atoms with E-state index in [0.717, 1.165) is 31.0 Å². The van der Waals surface area contributed by atoms with E-state index in [0.29, 0.717) is 49.8 Å². The normalized spacial score (nSPS) is 16.1. The maximum atomic E-state index is 13.2. The molecular formula is C25H29N5O4. The number of allylic oxidation sites excluding steroid dienone is 1. The molecule has 0 spiro atoms. The smallest absolute Gasteiger partial charge is 0.261 e. The van der Waals surface area contributed by atoms with Crippen molar-refractivity contribution in [1.82, 2.24) is 19.3 Å². The second-order valence-corrected chi connectivity index (χ2v) is 8.49. The number of anilines is 1. The number of hydrogen-bond donors (Lipinski definition) is 2. The summed E-state index contributed by atoms with van der Waals surface area (Å²) in [4.78, 5) is 24.3. The number of nitrogens with one attached hydrogen (secondary N) is 1. The molecule has 0 bridgehead atoms. The average molecular weight is 464 g/mol. The lowest BCUT2D eigenvalue weighted by Crippen LogP contribution is -2.24. The average Bonchev–Trinajstić information content (AvgIpc) is 3.49. The predicted molar refractivity (Wildman–Crippen MR) is 128 cm³/mol. The molecule has 3 aromatic rings. The van der Waals surface area contributed by atoms with Gasteiger partial charge in [0.1, 0.15) is 40.7 Å². The molecule has 1 aliphatic carbocycles. The van der Waals surface area contributed by atoms with Gasteiger partial charge in [-0.05, 0) is 44.5 Å². The summed E-state index contributed by atoms with van der Waals surface area (Å²) in [5.41, 5.74) is 2.77. The van der Waals surface area contributed by atoms with Gasteiger partial charge in [0.2, 0.25) is 0 Å². The summed E-state index contributed by atoms with van der Waals surface area (Å²) in [6, 6.07) is 7.39. The van der Waals surface area contributed by atoms with Crippen LogP contribution in [-0.4, -0.2) is 69.7 Å². The number of imidazole rings is 1. The Morgan fingerprint density at radius 1 is 1.12 bits per heavy atom. The lowest BCUT2D eigenvalue weighted by Gasteiger charge is -2.17. The van der Waals surface area contributed by atoms with Gasteiger partial charge in [-0.25, -0.2) is 4.98 Å². The van der Waals surface area contributed by atoms with Gasteiger partial charge in [-0.15, -0.1) is 0 Å².